The average Bonchev–Trinajstić information content (AvgIpc) is 2.98. The van der Waals surface area contributed by atoms with E-state index in [-0.39, 0.29) is 29.4 Å². The van der Waals surface area contributed by atoms with Crippen LogP contribution in [-0.4, -0.2) is 41.1 Å². The number of carbonyl (C=O) groups excluding carboxylic acids is 1. The lowest BCUT2D eigenvalue weighted by Gasteiger charge is -2.24. The molecule has 0 radical (unpaired) electrons. The van der Waals surface area contributed by atoms with Gasteiger partial charge in [0.15, 0.2) is 0 Å². The van der Waals surface area contributed by atoms with Gasteiger partial charge in [0.05, 0.1) is 6.10 Å². The lowest BCUT2D eigenvalue weighted by atomic mass is 10.1. The maximum atomic E-state index is 12.1. The lowest BCUT2D eigenvalue weighted by molar-refractivity contribution is -0.123. The van der Waals surface area contributed by atoms with Crippen LogP contribution in [0.15, 0.2) is 30.3 Å². The van der Waals surface area contributed by atoms with Gasteiger partial charge in [-0.3, -0.25) is 9.69 Å². The SMILES string of the molecule is CC1(C)C[C@@H]1C(=O)NCC1CC(O)CN1Cc1ccccc1. The van der Waals surface area contributed by atoms with Crippen molar-refractivity contribution in [1.82, 2.24) is 10.2 Å². The number of amides is 1. The monoisotopic (exact) mass is 302 g/mol. The molecular formula is C18H26N2O2. The van der Waals surface area contributed by atoms with Crippen LogP contribution in [0, 0.1) is 11.3 Å². The molecular weight excluding hydrogens is 276 g/mol. The minimum Gasteiger partial charge on any atom is -0.392 e. The van der Waals surface area contributed by atoms with Crippen LogP contribution < -0.4 is 5.32 Å². The third-order valence-corrected chi connectivity index (χ3v) is 5.08. The molecule has 1 saturated heterocycles. The molecule has 1 amide bonds. The van der Waals surface area contributed by atoms with Crippen molar-refractivity contribution in [2.75, 3.05) is 13.1 Å². The summed E-state index contributed by atoms with van der Waals surface area (Å²) in [5.74, 6) is 0.340. The Kier molecular flexibility index (Phi) is 4.24. The largest absolute Gasteiger partial charge is 0.392 e. The molecule has 1 heterocycles. The first kappa shape index (κ1) is 15.5. The number of aliphatic hydroxyl groups is 1. The number of carbonyl (C=O) groups is 1. The van der Waals surface area contributed by atoms with E-state index in [4.69, 9.17) is 0 Å². The second kappa shape index (κ2) is 6.01. The Balaban J connectivity index is 1.54. The highest BCUT2D eigenvalue weighted by molar-refractivity contribution is 5.82. The van der Waals surface area contributed by atoms with Gasteiger partial charge in [-0.15, -0.1) is 0 Å². The molecule has 0 aromatic heterocycles. The van der Waals surface area contributed by atoms with Crippen LogP contribution in [0.3, 0.4) is 0 Å². The minimum absolute atomic E-state index is 0.168. The molecule has 1 saturated carbocycles. The summed E-state index contributed by atoms with van der Waals surface area (Å²) in [4.78, 5) is 14.4. The molecule has 4 nitrogen and oxygen atoms in total. The maximum absolute atomic E-state index is 12.1. The number of hydrogen-bond donors (Lipinski definition) is 2. The normalized spacial score (nSPS) is 30.2. The predicted molar refractivity (Wildman–Crippen MR) is 86.2 cm³/mol. The van der Waals surface area contributed by atoms with Crippen LogP contribution in [-0.2, 0) is 11.3 Å². The van der Waals surface area contributed by atoms with Gasteiger partial charge >= 0.3 is 0 Å². The molecule has 3 atom stereocenters. The smallest absolute Gasteiger partial charge is 0.223 e. The summed E-state index contributed by atoms with van der Waals surface area (Å²) in [6.07, 6.45) is 1.43. The fraction of sp³-hybridized carbons (Fsp3) is 0.611. The summed E-state index contributed by atoms with van der Waals surface area (Å²) in [7, 11) is 0. The first-order valence-electron chi connectivity index (χ1n) is 8.19. The van der Waals surface area contributed by atoms with E-state index in [1.54, 1.807) is 0 Å². The number of nitrogens with one attached hydrogen (secondary N) is 1. The molecule has 22 heavy (non-hydrogen) atoms. The minimum atomic E-state index is -0.289. The summed E-state index contributed by atoms with van der Waals surface area (Å²) in [6, 6.07) is 10.5. The third-order valence-electron chi connectivity index (χ3n) is 5.08. The van der Waals surface area contributed by atoms with Gasteiger partial charge < -0.3 is 10.4 Å². The van der Waals surface area contributed by atoms with Crippen molar-refractivity contribution in [1.29, 1.82) is 0 Å². The van der Waals surface area contributed by atoms with Gasteiger partial charge in [-0.25, -0.2) is 0 Å². The number of aliphatic hydroxyl groups excluding tert-OH is 1. The van der Waals surface area contributed by atoms with E-state index in [1.165, 1.54) is 5.56 Å². The highest BCUT2D eigenvalue weighted by Gasteiger charge is 2.50. The van der Waals surface area contributed by atoms with Gasteiger partial charge in [0, 0.05) is 31.6 Å². The molecule has 2 N–H and O–H groups in total. The molecule has 1 aliphatic carbocycles. The van der Waals surface area contributed by atoms with Gasteiger partial charge in [-0.2, -0.15) is 0 Å². The molecule has 4 heteroatoms. The van der Waals surface area contributed by atoms with E-state index in [0.29, 0.717) is 13.1 Å². The molecule has 2 aliphatic rings. The van der Waals surface area contributed by atoms with Crippen molar-refractivity contribution in [3.05, 3.63) is 35.9 Å². The van der Waals surface area contributed by atoms with Crippen LogP contribution in [0.2, 0.25) is 0 Å². The molecule has 1 aromatic carbocycles. The van der Waals surface area contributed by atoms with E-state index in [1.807, 2.05) is 18.2 Å². The van der Waals surface area contributed by atoms with Gasteiger partial charge in [-0.1, -0.05) is 44.2 Å². The average molecular weight is 302 g/mol. The fourth-order valence-corrected chi connectivity index (χ4v) is 3.44. The number of rotatable bonds is 5. The zero-order valence-corrected chi connectivity index (χ0v) is 13.5. The van der Waals surface area contributed by atoms with Crippen molar-refractivity contribution in [3.63, 3.8) is 0 Å². The topological polar surface area (TPSA) is 52.6 Å². The predicted octanol–water partition coefficient (Wildman–Crippen LogP) is 1.78. The molecule has 1 aromatic rings. The summed E-state index contributed by atoms with van der Waals surface area (Å²) in [5.41, 5.74) is 1.42. The van der Waals surface area contributed by atoms with Crippen LogP contribution in [0.25, 0.3) is 0 Å². The van der Waals surface area contributed by atoms with E-state index in [9.17, 15) is 9.90 Å². The van der Waals surface area contributed by atoms with Crippen molar-refractivity contribution < 1.29 is 9.90 Å². The Morgan fingerprint density at radius 3 is 2.68 bits per heavy atom. The zero-order valence-electron chi connectivity index (χ0n) is 13.5. The van der Waals surface area contributed by atoms with E-state index in [2.05, 4.69) is 36.2 Å². The zero-order chi connectivity index (χ0) is 15.7. The van der Waals surface area contributed by atoms with Gasteiger partial charge in [0.25, 0.3) is 0 Å². The summed E-state index contributed by atoms with van der Waals surface area (Å²) in [6.45, 7) is 6.42. The number of nitrogens with zero attached hydrogens (tertiary/aromatic N) is 1. The third kappa shape index (κ3) is 3.50. The molecule has 2 unspecified atom stereocenters. The Labute approximate surface area is 132 Å². The fourth-order valence-electron chi connectivity index (χ4n) is 3.44. The summed E-state index contributed by atoms with van der Waals surface area (Å²) in [5, 5.41) is 13.1. The second-order valence-corrected chi connectivity index (χ2v) is 7.45. The number of likely N-dealkylation sites (tertiary alicyclic amines) is 1. The first-order chi connectivity index (χ1) is 10.5. The molecule has 0 bridgehead atoms. The quantitative estimate of drug-likeness (QED) is 0.872. The van der Waals surface area contributed by atoms with Crippen LogP contribution in [0.4, 0.5) is 0 Å². The molecule has 2 fully saturated rings. The van der Waals surface area contributed by atoms with Gasteiger partial charge in [0.1, 0.15) is 0 Å². The molecule has 1 aliphatic heterocycles. The summed E-state index contributed by atoms with van der Waals surface area (Å²) >= 11 is 0. The van der Waals surface area contributed by atoms with E-state index >= 15 is 0 Å². The lowest BCUT2D eigenvalue weighted by Crippen LogP contribution is -2.40. The molecule has 120 valence electrons. The molecule has 3 rings (SSSR count). The highest BCUT2D eigenvalue weighted by Crippen LogP contribution is 2.51. The Bertz CT molecular complexity index is 529. The van der Waals surface area contributed by atoms with Crippen LogP contribution in [0.1, 0.15) is 32.3 Å². The maximum Gasteiger partial charge on any atom is 0.223 e. The van der Waals surface area contributed by atoms with Crippen molar-refractivity contribution >= 4 is 5.91 Å². The van der Waals surface area contributed by atoms with E-state index < -0.39 is 0 Å². The number of benzene rings is 1. The molecule has 0 spiro atoms. The Hall–Kier alpha value is -1.39. The van der Waals surface area contributed by atoms with E-state index in [0.717, 1.165) is 19.4 Å². The number of hydrogen-bond acceptors (Lipinski definition) is 3. The van der Waals surface area contributed by atoms with Crippen molar-refractivity contribution in [3.8, 4) is 0 Å². The van der Waals surface area contributed by atoms with Crippen molar-refractivity contribution in [2.45, 2.75) is 45.4 Å². The Morgan fingerprint density at radius 2 is 2.05 bits per heavy atom. The van der Waals surface area contributed by atoms with Gasteiger partial charge in [0.2, 0.25) is 5.91 Å². The second-order valence-electron chi connectivity index (χ2n) is 7.45. The number of β-amino-alcohol motifs (C(OH)–C–C–N with tert-alkyl or cyclic N) is 1. The summed E-state index contributed by atoms with van der Waals surface area (Å²) < 4.78 is 0. The van der Waals surface area contributed by atoms with Crippen molar-refractivity contribution in [2.24, 2.45) is 11.3 Å². The van der Waals surface area contributed by atoms with Crippen LogP contribution in [0.5, 0.6) is 0 Å². The van der Waals surface area contributed by atoms with Crippen LogP contribution >= 0.6 is 0 Å². The Morgan fingerprint density at radius 1 is 1.36 bits per heavy atom. The standard InChI is InChI=1S/C18H26N2O2/c1-18(2)9-16(18)17(22)19-10-14-8-15(21)12-20(14)11-13-6-4-3-5-7-13/h3-7,14-16,21H,8-12H2,1-2H3,(H,19,22)/t14?,15?,16-/m1/s1. The highest BCUT2D eigenvalue weighted by atomic mass is 16.3. The first-order valence-corrected chi connectivity index (χ1v) is 8.19. The van der Waals surface area contributed by atoms with Gasteiger partial charge in [-0.05, 0) is 23.8 Å².